The van der Waals surface area contributed by atoms with Crippen LogP contribution in [0.4, 0.5) is 5.69 Å². The third-order valence-corrected chi connectivity index (χ3v) is 4.65. The number of anilines is 1. The first-order chi connectivity index (χ1) is 9.70. The van der Waals surface area contributed by atoms with E-state index in [0.717, 1.165) is 18.4 Å². The van der Waals surface area contributed by atoms with Crippen LogP contribution in [0, 0.1) is 17.8 Å². The van der Waals surface area contributed by atoms with Crippen LogP contribution in [-0.2, 0) is 6.54 Å². The maximum Gasteiger partial charge on any atom is 0.287 e. The predicted octanol–water partition coefficient (Wildman–Crippen LogP) is 1.74. The molecule has 0 radical (unpaired) electrons. The van der Waals surface area contributed by atoms with Gasteiger partial charge in [0.2, 0.25) is 0 Å². The molecule has 6 heteroatoms. The van der Waals surface area contributed by atoms with E-state index in [1.54, 1.807) is 6.20 Å². The van der Waals surface area contributed by atoms with Crippen LogP contribution < -0.4 is 10.9 Å². The maximum atomic E-state index is 11.9. The molecule has 20 heavy (non-hydrogen) atoms. The van der Waals surface area contributed by atoms with E-state index in [9.17, 15) is 4.79 Å². The summed E-state index contributed by atoms with van der Waals surface area (Å²) in [6, 6.07) is 0. The molecular weight excluding hydrogens is 278 g/mol. The lowest BCUT2D eigenvalue weighted by Crippen LogP contribution is -2.26. The second-order valence-corrected chi connectivity index (χ2v) is 6.22. The lowest BCUT2D eigenvalue weighted by molar-refractivity contribution is 0.266. The van der Waals surface area contributed by atoms with Crippen molar-refractivity contribution in [2.75, 3.05) is 18.5 Å². The van der Waals surface area contributed by atoms with E-state index in [0.29, 0.717) is 11.6 Å². The van der Waals surface area contributed by atoms with E-state index in [2.05, 4.69) is 10.4 Å². The standard InChI is InChI=1S/C14H20ClN3O2/c15-13-12(8-17-18(5-6-19)14(13)20)16-7-11(9-1-2-9)10-3-4-10/h8-11,16,19H,1-7H2. The number of aliphatic hydroxyl groups is 1. The van der Waals surface area contributed by atoms with Gasteiger partial charge < -0.3 is 10.4 Å². The maximum absolute atomic E-state index is 11.9. The molecule has 5 nitrogen and oxygen atoms in total. The quantitative estimate of drug-likeness (QED) is 0.804. The van der Waals surface area contributed by atoms with Crippen LogP contribution in [0.3, 0.4) is 0 Å². The highest BCUT2D eigenvalue weighted by atomic mass is 35.5. The fourth-order valence-corrected chi connectivity index (χ4v) is 3.05. The fourth-order valence-electron chi connectivity index (χ4n) is 2.84. The summed E-state index contributed by atoms with van der Waals surface area (Å²) in [6.07, 6.45) is 6.94. The van der Waals surface area contributed by atoms with E-state index in [1.807, 2.05) is 0 Å². The van der Waals surface area contributed by atoms with Crippen molar-refractivity contribution in [1.82, 2.24) is 9.78 Å². The number of rotatable bonds is 7. The molecular formula is C14H20ClN3O2. The number of hydrogen-bond donors (Lipinski definition) is 2. The Hall–Kier alpha value is -1.07. The van der Waals surface area contributed by atoms with Gasteiger partial charge in [-0.3, -0.25) is 4.79 Å². The second kappa shape index (κ2) is 5.74. The van der Waals surface area contributed by atoms with Crippen molar-refractivity contribution in [3.8, 4) is 0 Å². The molecule has 0 aromatic carbocycles. The Balaban J connectivity index is 1.67. The Kier molecular flexibility index (Phi) is 3.98. The molecule has 0 bridgehead atoms. The smallest absolute Gasteiger partial charge is 0.287 e. The third kappa shape index (κ3) is 2.99. The summed E-state index contributed by atoms with van der Waals surface area (Å²) < 4.78 is 1.19. The second-order valence-electron chi connectivity index (χ2n) is 5.84. The van der Waals surface area contributed by atoms with Gasteiger partial charge in [0.25, 0.3) is 5.56 Å². The molecule has 0 aliphatic heterocycles. The molecule has 3 rings (SSSR count). The summed E-state index contributed by atoms with van der Waals surface area (Å²) in [7, 11) is 0. The van der Waals surface area contributed by atoms with E-state index >= 15 is 0 Å². The summed E-state index contributed by atoms with van der Waals surface area (Å²) in [4.78, 5) is 11.9. The van der Waals surface area contributed by atoms with Crippen molar-refractivity contribution in [2.24, 2.45) is 17.8 Å². The molecule has 0 saturated heterocycles. The Labute approximate surface area is 122 Å². The van der Waals surface area contributed by atoms with Gasteiger partial charge in [0.15, 0.2) is 0 Å². The van der Waals surface area contributed by atoms with Crippen molar-refractivity contribution in [2.45, 2.75) is 32.2 Å². The minimum atomic E-state index is -0.347. The van der Waals surface area contributed by atoms with E-state index in [-0.39, 0.29) is 23.7 Å². The molecule has 0 amide bonds. The van der Waals surface area contributed by atoms with Gasteiger partial charge in [-0.2, -0.15) is 5.10 Å². The molecule has 2 fully saturated rings. The van der Waals surface area contributed by atoms with Gasteiger partial charge in [0, 0.05) is 6.54 Å². The highest BCUT2D eigenvalue weighted by Crippen LogP contribution is 2.49. The largest absolute Gasteiger partial charge is 0.394 e. The van der Waals surface area contributed by atoms with Crippen molar-refractivity contribution in [1.29, 1.82) is 0 Å². The minimum absolute atomic E-state index is 0.124. The van der Waals surface area contributed by atoms with Crippen LogP contribution in [0.5, 0.6) is 0 Å². The van der Waals surface area contributed by atoms with Crippen LogP contribution in [-0.4, -0.2) is 28.0 Å². The number of nitrogens with one attached hydrogen (secondary N) is 1. The zero-order valence-electron chi connectivity index (χ0n) is 11.4. The summed E-state index contributed by atoms with van der Waals surface area (Å²) in [5.41, 5.74) is 0.261. The summed E-state index contributed by atoms with van der Waals surface area (Å²) in [5.74, 6) is 2.43. The monoisotopic (exact) mass is 297 g/mol. The molecule has 2 N–H and O–H groups in total. The Morgan fingerprint density at radius 1 is 1.40 bits per heavy atom. The number of nitrogens with zero attached hydrogens (tertiary/aromatic N) is 2. The van der Waals surface area contributed by atoms with Crippen LogP contribution >= 0.6 is 11.6 Å². The van der Waals surface area contributed by atoms with Gasteiger partial charge >= 0.3 is 0 Å². The lowest BCUT2D eigenvalue weighted by atomic mass is 9.98. The summed E-state index contributed by atoms with van der Waals surface area (Å²) >= 11 is 6.09. The summed E-state index contributed by atoms with van der Waals surface area (Å²) in [5, 5.41) is 16.3. The molecule has 1 aromatic rings. The molecule has 0 spiro atoms. The average molecular weight is 298 g/mol. The number of halogens is 1. The summed E-state index contributed by atoms with van der Waals surface area (Å²) in [6.45, 7) is 0.924. The Morgan fingerprint density at radius 3 is 2.60 bits per heavy atom. The van der Waals surface area contributed by atoms with Crippen molar-refractivity contribution in [3.63, 3.8) is 0 Å². The minimum Gasteiger partial charge on any atom is -0.394 e. The van der Waals surface area contributed by atoms with Crippen molar-refractivity contribution in [3.05, 3.63) is 21.6 Å². The highest BCUT2D eigenvalue weighted by Gasteiger charge is 2.41. The fraction of sp³-hybridized carbons (Fsp3) is 0.714. The van der Waals surface area contributed by atoms with Gasteiger partial charge in [0.1, 0.15) is 5.02 Å². The first kappa shape index (κ1) is 13.9. The molecule has 1 heterocycles. The van der Waals surface area contributed by atoms with E-state index in [1.165, 1.54) is 30.4 Å². The first-order valence-electron chi connectivity index (χ1n) is 7.31. The topological polar surface area (TPSA) is 67.2 Å². The Bertz CT molecular complexity index is 526. The number of hydrogen-bond acceptors (Lipinski definition) is 4. The first-order valence-corrected chi connectivity index (χ1v) is 7.69. The highest BCUT2D eigenvalue weighted by molar-refractivity contribution is 6.32. The lowest BCUT2D eigenvalue weighted by Gasteiger charge is -2.17. The zero-order chi connectivity index (χ0) is 14.1. The number of aliphatic hydroxyl groups excluding tert-OH is 1. The van der Waals surface area contributed by atoms with Gasteiger partial charge in [-0.25, -0.2) is 4.68 Å². The van der Waals surface area contributed by atoms with Crippen LogP contribution in [0.2, 0.25) is 5.02 Å². The zero-order valence-corrected chi connectivity index (χ0v) is 12.1. The van der Waals surface area contributed by atoms with Crippen LogP contribution in [0.1, 0.15) is 25.7 Å². The van der Waals surface area contributed by atoms with Crippen LogP contribution in [0.25, 0.3) is 0 Å². The van der Waals surface area contributed by atoms with Crippen molar-refractivity contribution < 1.29 is 5.11 Å². The number of aromatic nitrogens is 2. The van der Waals surface area contributed by atoms with Gasteiger partial charge in [-0.15, -0.1) is 0 Å². The van der Waals surface area contributed by atoms with Crippen LogP contribution in [0.15, 0.2) is 11.0 Å². The van der Waals surface area contributed by atoms with E-state index < -0.39 is 0 Å². The van der Waals surface area contributed by atoms with E-state index in [4.69, 9.17) is 16.7 Å². The molecule has 110 valence electrons. The van der Waals surface area contributed by atoms with Gasteiger partial charge in [0.05, 0.1) is 25.0 Å². The van der Waals surface area contributed by atoms with Gasteiger partial charge in [-0.05, 0) is 43.4 Å². The normalized spacial score (nSPS) is 18.6. The predicted molar refractivity (Wildman–Crippen MR) is 78.0 cm³/mol. The molecule has 0 atom stereocenters. The Morgan fingerprint density at radius 2 is 2.05 bits per heavy atom. The molecule has 2 aliphatic rings. The molecule has 2 aliphatic carbocycles. The molecule has 1 aromatic heterocycles. The van der Waals surface area contributed by atoms with Crippen molar-refractivity contribution >= 4 is 17.3 Å². The average Bonchev–Trinajstić information content (AvgIpc) is 3.30. The third-order valence-electron chi connectivity index (χ3n) is 4.28. The molecule has 2 saturated carbocycles. The SMILES string of the molecule is O=c1c(Cl)c(NCC(C2CC2)C2CC2)cnn1CCO. The molecule has 0 unspecified atom stereocenters. The van der Waals surface area contributed by atoms with Gasteiger partial charge in [-0.1, -0.05) is 11.6 Å².